The quantitative estimate of drug-likeness (QED) is 0.599. The molecule has 3 heterocycles. The number of H-pyrrole nitrogens is 1. The molecule has 0 saturated heterocycles. The zero-order chi connectivity index (χ0) is 15.6. The molecule has 114 valence electrons. The summed E-state index contributed by atoms with van der Waals surface area (Å²) in [6, 6.07) is 9.97. The second-order valence-electron chi connectivity index (χ2n) is 5.16. The molecule has 7 heteroatoms. The summed E-state index contributed by atoms with van der Waals surface area (Å²) in [5, 5.41) is 15.2. The predicted octanol–water partition coefficient (Wildman–Crippen LogP) is 3.65. The molecule has 0 spiro atoms. The van der Waals surface area contributed by atoms with Crippen molar-refractivity contribution in [2.75, 3.05) is 5.32 Å². The lowest BCUT2D eigenvalue weighted by atomic mass is 10.2. The number of aromatic nitrogens is 5. The van der Waals surface area contributed by atoms with Crippen LogP contribution in [0.3, 0.4) is 0 Å². The summed E-state index contributed by atoms with van der Waals surface area (Å²) in [5.74, 6) is 2.28. The maximum absolute atomic E-state index is 4.72. The molecule has 0 radical (unpaired) electrons. The Morgan fingerprint density at radius 2 is 2.09 bits per heavy atom. The average molecular weight is 322 g/mol. The Labute approximate surface area is 136 Å². The highest BCUT2D eigenvalue weighted by molar-refractivity contribution is 7.08. The maximum atomic E-state index is 4.72. The van der Waals surface area contributed by atoms with Gasteiger partial charge in [-0.05, 0) is 30.5 Å². The Morgan fingerprint density at radius 3 is 2.87 bits per heavy atom. The minimum Gasteiger partial charge on any atom is -0.360 e. The van der Waals surface area contributed by atoms with Crippen molar-refractivity contribution in [2.24, 2.45) is 0 Å². The molecule has 1 unspecified atom stereocenters. The Hall–Kier alpha value is -2.80. The second kappa shape index (κ2) is 5.77. The number of aromatic amines is 1. The topological polar surface area (TPSA) is 79.4 Å². The van der Waals surface area contributed by atoms with E-state index in [4.69, 9.17) is 4.98 Å². The first-order chi connectivity index (χ1) is 11.3. The van der Waals surface area contributed by atoms with Crippen molar-refractivity contribution in [3.63, 3.8) is 0 Å². The number of thiophene rings is 1. The highest BCUT2D eigenvalue weighted by Gasteiger charge is 2.14. The van der Waals surface area contributed by atoms with Crippen LogP contribution in [0.1, 0.15) is 18.8 Å². The van der Waals surface area contributed by atoms with Gasteiger partial charge in [0.2, 0.25) is 0 Å². The number of anilines is 1. The zero-order valence-corrected chi connectivity index (χ0v) is 13.2. The molecule has 2 N–H and O–H groups in total. The summed E-state index contributed by atoms with van der Waals surface area (Å²) in [6.07, 6.45) is 1.50. The van der Waals surface area contributed by atoms with Crippen molar-refractivity contribution in [3.8, 4) is 11.4 Å². The summed E-state index contributed by atoms with van der Waals surface area (Å²) in [4.78, 5) is 13.6. The monoisotopic (exact) mass is 322 g/mol. The van der Waals surface area contributed by atoms with E-state index in [9.17, 15) is 0 Å². The molecule has 3 aromatic heterocycles. The number of nitrogens with zero attached hydrogens (tertiary/aromatic N) is 4. The number of hydrogen-bond acceptors (Lipinski definition) is 6. The Morgan fingerprint density at radius 1 is 1.17 bits per heavy atom. The van der Waals surface area contributed by atoms with Gasteiger partial charge in [0.25, 0.3) is 0 Å². The van der Waals surface area contributed by atoms with E-state index in [1.807, 2.05) is 48.0 Å². The lowest BCUT2D eigenvalue weighted by Gasteiger charge is -2.14. The van der Waals surface area contributed by atoms with E-state index in [1.54, 1.807) is 11.3 Å². The molecule has 4 rings (SSSR count). The maximum Gasteiger partial charge on any atom is 0.162 e. The first-order valence-electron chi connectivity index (χ1n) is 7.22. The summed E-state index contributed by atoms with van der Waals surface area (Å²) >= 11 is 1.63. The fraction of sp³-hybridized carbons (Fsp3) is 0.125. The highest BCUT2D eigenvalue weighted by atomic mass is 32.1. The Balaban J connectivity index is 1.80. The van der Waals surface area contributed by atoms with Gasteiger partial charge in [0.05, 0.1) is 11.6 Å². The summed E-state index contributed by atoms with van der Waals surface area (Å²) < 4.78 is 0. The molecular weight excluding hydrogens is 308 g/mol. The number of nitrogens with one attached hydrogen (secondary N) is 2. The summed E-state index contributed by atoms with van der Waals surface area (Å²) in [7, 11) is 0. The van der Waals surface area contributed by atoms with E-state index in [1.165, 1.54) is 6.33 Å². The van der Waals surface area contributed by atoms with Crippen LogP contribution in [-0.2, 0) is 0 Å². The zero-order valence-electron chi connectivity index (χ0n) is 12.4. The lowest BCUT2D eigenvalue weighted by molar-refractivity contribution is 0.791. The van der Waals surface area contributed by atoms with Crippen molar-refractivity contribution < 1.29 is 0 Å². The van der Waals surface area contributed by atoms with Crippen LogP contribution in [0.15, 0.2) is 47.4 Å². The van der Waals surface area contributed by atoms with Crippen LogP contribution in [0, 0.1) is 0 Å². The van der Waals surface area contributed by atoms with Gasteiger partial charge in [0.1, 0.15) is 18.0 Å². The van der Waals surface area contributed by atoms with Gasteiger partial charge in [-0.1, -0.05) is 12.1 Å². The third kappa shape index (κ3) is 2.66. The molecule has 1 atom stereocenters. The van der Waals surface area contributed by atoms with Crippen LogP contribution in [-0.4, -0.2) is 25.1 Å². The van der Waals surface area contributed by atoms with Crippen LogP contribution >= 0.6 is 11.3 Å². The SMILES string of the molecule is CC(Nc1nc(-c2ccsc2)nc2ccccc12)c1ncn[nH]1. The molecule has 6 nitrogen and oxygen atoms in total. The number of benzene rings is 1. The molecule has 0 amide bonds. The van der Waals surface area contributed by atoms with Gasteiger partial charge in [0.15, 0.2) is 5.82 Å². The van der Waals surface area contributed by atoms with Gasteiger partial charge in [-0.2, -0.15) is 16.4 Å². The molecular formula is C16H14N6S. The molecule has 0 aliphatic carbocycles. The van der Waals surface area contributed by atoms with Gasteiger partial charge in [-0.15, -0.1) is 0 Å². The summed E-state index contributed by atoms with van der Waals surface area (Å²) in [5.41, 5.74) is 1.94. The van der Waals surface area contributed by atoms with Gasteiger partial charge in [-0.25, -0.2) is 15.0 Å². The van der Waals surface area contributed by atoms with Gasteiger partial charge >= 0.3 is 0 Å². The molecule has 0 fully saturated rings. The fourth-order valence-electron chi connectivity index (χ4n) is 2.40. The van der Waals surface area contributed by atoms with Crippen molar-refractivity contribution in [1.29, 1.82) is 0 Å². The van der Waals surface area contributed by atoms with E-state index in [0.717, 1.165) is 33.9 Å². The lowest BCUT2D eigenvalue weighted by Crippen LogP contribution is -2.11. The molecule has 0 saturated carbocycles. The molecule has 0 bridgehead atoms. The van der Waals surface area contributed by atoms with E-state index >= 15 is 0 Å². The van der Waals surface area contributed by atoms with Crippen LogP contribution in [0.25, 0.3) is 22.3 Å². The van der Waals surface area contributed by atoms with Crippen LogP contribution in [0.4, 0.5) is 5.82 Å². The largest absolute Gasteiger partial charge is 0.360 e. The van der Waals surface area contributed by atoms with Crippen LogP contribution in [0.5, 0.6) is 0 Å². The van der Waals surface area contributed by atoms with E-state index < -0.39 is 0 Å². The minimum atomic E-state index is -0.0360. The van der Waals surface area contributed by atoms with E-state index in [2.05, 4.69) is 25.5 Å². The Kier molecular flexibility index (Phi) is 3.47. The number of fused-ring (bicyclic) bond motifs is 1. The molecule has 23 heavy (non-hydrogen) atoms. The molecule has 4 aromatic rings. The van der Waals surface area contributed by atoms with E-state index in [0.29, 0.717) is 0 Å². The smallest absolute Gasteiger partial charge is 0.162 e. The van der Waals surface area contributed by atoms with Crippen LogP contribution < -0.4 is 5.32 Å². The van der Waals surface area contributed by atoms with E-state index in [-0.39, 0.29) is 6.04 Å². The average Bonchev–Trinajstić information content (AvgIpc) is 3.28. The minimum absolute atomic E-state index is 0.0360. The normalized spacial score (nSPS) is 12.4. The first kappa shape index (κ1) is 13.8. The highest BCUT2D eigenvalue weighted by Crippen LogP contribution is 2.27. The van der Waals surface area contributed by atoms with Crippen molar-refractivity contribution in [1.82, 2.24) is 25.1 Å². The number of rotatable bonds is 4. The third-order valence-corrected chi connectivity index (χ3v) is 4.26. The van der Waals surface area contributed by atoms with Gasteiger partial charge < -0.3 is 5.32 Å². The van der Waals surface area contributed by atoms with Gasteiger partial charge in [0, 0.05) is 16.3 Å². The standard InChI is InChI=1S/C16H14N6S/c1-10(14-17-9-18-22-14)19-16-12-4-2-3-5-13(12)20-15(21-16)11-6-7-23-8-11/h2-10H,1H3,(H,17,18,22)(H,19,20,21). The third-order valence-electron chi connectivity index (χ3n) is 3.58. The predicted molar refractivity (Wildman–Crippen MR) is 91.3 cm³/mol. The number of para-hydroxylation sites is 1. The molecule has 0 aliphatic heterocycles. The fourth-order valence-corrected chi connectivity index (χ4v) is 3.04. The van der Waals surface area contributed by atoms with Crippen molar-refractivity contribution >= 4 is 28.1 Å². The van der Waals surface area contributed by atoms with Crippen molar-refractivity contribution in [3.05, 3.63) is 53.2 Å². The number of hydrogen-bond donors (Lipinski definition) is 2. The van der Waals surface area contributed by atoms with Crippen molar-refractivity contribution in [2.45, 2.75) is 13.0 Å². The molecule has 0 aliphatic rings. The molecule has 1 aromatic carbocycles. The van der Waals surface area contributed by atoms with Gasteiger partial charge in [-0.3, -0.25) is 5.10 Å². The summed E-state index contributed by atoms with van der Waals surface area (Å²) in [6.45, 7) is 2.02. The van der Waals surface area contributed by atoms with Crippen LogP contribution in [0.2, 0.25) is 0 Å². The first-order valence-corrected chi connectivity index (χ1v) is 8.16. The second-order valence-corrected chi connectivity index (χ2v) is 5.94. The Bertz CT molecular complexity index is 917.